The first-order valence-electron chi connectivity index (χ1n) is 7.59. The van der Waals surface area contributed by atoms with Gasteiger partial charge in [0.15, 0.2) is 5.78 Å². The molecule has 3 rings (SSSR count). The lowest BCUT2D eigenvalue weighted by Gasteiger charge is -2.16. The molecule has 0 aromatic heterocycles. The molecule has 106 valence electrons. The third-order valence-electron chi connectivity index (χ3n) is 4.44. The van der Waals surface area contributed by atoms with Crippen LogP contribution < -0.4 is 5.32 Å². The molecule has 1 heterocycles. The fraction of sp³-hybridized carbons (Fsp3) is 0.625. The topological polar surface area (TPSA) is 52.9 Å². The van der Waals surface area contributed by atoms with Crippen molar-refractivity contribution < 1.29 is 4.79 Å². The summed E-state index contributed by atoms with van der Waals surface area (Å²) < 4.78 is 0. The fourth-order valence-corrected chi connectivity index (χ4v) is 4.93. The van der Waals surface area contributed by atoms with E-state index in [2.05, 4.69) is 11.4 Å². The van der Waals surface area contributed by atoms with Crippen LogP contribution in [0.25, 0.3) is 0 Å². The Labute approximate surface area is 124 Å². The van der Waals surface area contributed by atoms with Gasteiger partial charge in [0.1, 0.15) is 0 Å². The molecule has 0 spiro atoms. The molecule has 1 N–H and O–H groups in total. The maximum Gasteiger partial charge on any atom is 0.157 e. The highest BCUT2D eigenvalue weighted by atomic mass is 32.2. The van der Waals surface area contributed by atoms with Crippen molar-refractivity contribution in [2.45, 2.75) is 56.6 Å². The van der Waals surface area contributed by atoms with Crippen LogP contribution in [-0.2, 0) is 4.79 Å². The first kappa shape index (κ1) is 13.8. The predicted molar refractivity (Wildman–Crippen MR) is 80.7 cm³/mol. The third-order valence-corrected chi connectivity index (χ3v) is 5.86. The largest absolute Gasteiger partial charge is 0.353 e. The Morgan fingerprint density at radius 3 is 2.85 bits per heavy atom. The minimum Gasteiger partial charge on any atom is -0.353 e. The Hall–Kier alpha value is -1.21. The van der Waals surface area contributed by atoms with Crippen molar-refractivity contribution in [3.05, 3.63) is 22.4 Å². The Morgan fingerprint density at radius 2 is 2.05 bits per heavy atom. The van der Waals surface area contributed by atoms with Gasteiger partial charge >= 0.3 is 0 Å². The summed E-state index contributed by atoms with van der Waals surface area (Å²) in [5.41, 5.74) is 1.92. The summed E-state index contributed by atoms with van der Waals surface area (Å²) in [5.74, 6) is 0.630. The number of thioether (sulfide) groups is 1. The van der Waals surface area contributed by atoms with E-state index >= 15 is 0 Å². The van der Waals surface area contributed by atoms with Crippen molar-refractivity contribution in [1.29, 1.82) is 5.26 Å². The van der Waals surface area contributed by atoms with Crippen molar-refractivity contribution in [2.75, 3.05) is 0 Å². The van der Waals surface area contributed by atoms with Gasteiger partial charge in [-0.25, -0.2) is 0 Å². The zero-order valence-electron chi connectivity index (χ0n) is 11.7. The standard InChI is InChI=1S/C16H20N2OS/c17-10-14-13-7-2-1-3-8-15(13)20-16(14)18-11-5-4-6-12(19)9-11/h9,13,15,18H,1-8H2/t13-,15+/m1/s1. The maximum absolute atomic E-state index is 11.5. The first-order valence-corrected chi connectivity index (χ1v) is 8.47. The molecule has 2 atom stereocenters. The second kappa shape index (κ2) is 6.05. The van der Waals surface area contributed by atoms with E-state index in [0.29, 0.717) is 17.6 Å². The van der Waals surface area contributed by atoms with Crippen molar-refractivity contribution in [1.82, 2.24) is 5.32 Å². The molecular formula is C16H20N2OS. The number of nitrogens with one attached hydrogen (secondary N) is 1. The molecule has 0 bridgehead atoms. The molecule has 0 aromatic rings. The van der Waals surface area contributed by atoms with E-state index in [-0.39, 0.29) is 5.78 Å². The molecule has 0 saturated heterocycles. The molecule has 1 aliphatic heterocycles. The SMILES string of the molecule is N#CC1=C(NC2=CC(=O)CCC2)S[C@H]2CCCCC[C@H]12. The van der Waals surface area contributed by atoms with Crippen LogP contribution in [0, 0.1) is 17.2 Å². The van der Waals surface area contributed by atoms with E-state index in [1.54, 1.807) is 6.08 Å². The lowest BCUT2D eigenvalue weighted by atomic mass is 9.92. The van der Waals surface area contributed by atoms with Gasteiger partial charge in [-0.2, -0.15) is 5.26 Å². The molecule has 2 aliphatic carbocycles. The van der Waals surface area contributed by atoms with Crippen LogP contribution in [-0.4, -0.2) is 11.0 Å². The number of hydrogen-bond acceptors (Lipinski definition) is 4. The smallest absolute Gasteiger partial charge is 0.157 e. The molecule has 1 fully saturated rings. The quantitative estimate of drug-likeness (QED) is 0.842. The number of hydrogen-bond donors (Lipinski definition) is 1. The molecular weight excluding hydrogens is 268 g/mol. The van der Waals surface area contributed by atoms with Crippen LogP contribution in [0.1, 0.15) is 51.4 Å². The number of carbonyl (C=O) groups excluding carboxylic acids is 1. The zero-order valence-corrected chi connectivity index (χ0v) is 12.5. The summed E-state index contributed by atoms with van der Waals surface area (Å²) in [5, 5.41) is 14.5. The molecule has 0 unspecified atom stereocenters. The average molecular weight is 288 g/mol. The van der Waals surface area contributed by atoms with Gasteiger partial charge in [-0.1, -0.05) is 19.3 Å². The third kappa shape index (κ3) is 2.78. The molecule has 0 amide bonds. The second-order valence-corrected chi connectivity index (χ2v) is 7.12. The van der Waals surface area contributed by atoms with Crippen LogP contribution in [0.4, 0.5) is 0 Å². The fourth-order valence-electron chi connectivity index (χ4n) is 3.39. The van der Waals surface area contributed by atoms with Crippen molar-refractivity contribution in [3.63, 3.8) is 0 Å². The molecule has 1 saturated carbocycles. The Morgan fingerprint density at radius 1 is 1.20 bits per heavy atom. The van der Waals surface area contributed by atoms with Crippen molar-refractivity contribution in [3.8, 4) is 6.07 Å². The predicted octanol–water partition coefficient (Wildman–Crippen LogP) is 3.64. The van der Waals surface area contributed by atoms with Gasteiger partial charge in [0.05, 0.1) is 16.7 Å². The van der Waals surface area contributed by atoms with Crippen LogP contribution >= 0.6 is 11.8 Å². The number of allylic oxidation sites excluding steroid dienone is 3. The van der Waals surface area contributed by atoms with Crippen LogP contribution in [0.5, 0.6) is 0 Å². The van der Waals surface area contributed by atoms with Gasteiger partial charge < -0.3 is 5.32 Å². The normalized spacial score (nSPS) is 30.4. The summed E-state index contributed by atoms with van der Waals surface area (Å²) >= 11 is 1.83. The van der Waals surface area contributed by atoms with Crippen LogP contribution in [0.3, 0.4) is 0 Å². The number of carbonyl (C=O) groups is 1. The van der Waals surface area contributed by atoms with E-state index in [9.17, 15) is 10.1 Å². The highest BCUT2D eigenvalue weighted by molar-refractivity contribution is 8.03. The first-order chi connectivity index (χ1) is 9.78. The number of fused-ring (bicyclic) bond motifs is 1. The highest BCUT2D eigenvalue weighted by Crippen LogP contribution is 2.47. The van der Waals surface area contributed by atoms with E-state index in [4.69, 9.17) is 0 Å². The monoisotopic (exact) mass is 288 g/mol. The Kier molecular flexibility index (Phi) is 4.16. The summed E-state index contributed by atoms with van der Waals surface area (Å²) in [4.78, 5) is 11.5. The van der Waals surface area contributed by atoms with E-state index in [1.807, 2.05) is 11.8 Å². The molecule has 4 heteroatoms. The minimum atomic E-state index is 0.204. The van der Waals surface area contributed by atoms with Crippen molar-refractivity contribution >= 4 is 17.5 Å². The van der Waals surface area contributed by atoms with Gasteiger partial charge in [-0.05, 0) is 25.7 Å². The second-order valence-electron chi connectivity index (χ2n) is 5.87. The summed E-state index contributed by atoms with van der Waals surface area (Å²) in [6.07, 6.45) is 10.4. The molecule has 20 heavy (non-hydrogen) atoms. The Bertz CT molecular complexity index is 515. The lowest BCUT2D eigenvalue weighted by molar-refractivity contribution is -0.115. The lowest BCUT2D eigenvalue weighted by Crippen LogP contribution is -2.16. The number of nitrogens with zero attached hydrogens (tertiary/aromatic N) is 1. The molecule has 3 aliphatic rings. The molecule has 0 aromatic carbocycles. The van der Waals surface area contributed by atoms with Gasteiger partial charge in [-0.3, -0.25) is 4.79 Å². The van der Waals surface area contributed by atoms with Gasteiger partial charge in [0.2, 0.25) is 0 Å². The average Bonchev–Trinajstić information content (AvgIpc) is 2.60. The van der Waals surface area contributed by atoms with Gasteiger partial charge in [0.25, 0.3) is 0 Å². The summed E-state index contributed by atoms with van der Waals surface area (Å²) in [6.45, 7) is 0. The van der Waals surface area contributed by atoms with E-state index in [0.717, 1.165) is 35.6 Å². The Balaban J connectivity index is 1.79. The number of rotatable bonds is 2. The van der Waals surface area contributed by atoms with Crippen LogP contribution in [0.15, 0.2) is 22.4 Å². The maximum atomic E-state index is 11.5. The minimum absolute atomic E-state index is 0.204. The summed E-state index contributed by atoms with van der Waals surface area (Å²) in [7, 11) is 0. The van der Waals surface area contributed by atoms with Gasteiger partial charge in [-0.15, -0.1) is 11.8 Å². The number of nitriles is 1. The zero-order chi connectivity index (χ0) is 13.9. The number of ketones is 1. The van der Waals surface area contributed by atoms with E-state index < -0.39 is 0 Å². The molecule has 3 nitrogen and oxygen atoms in total. The highest BCUT2D eigenvalue weighted by Gasteiger charge is 2.36. The molecule has 0 radical (unpaired) electrons. The van der Waals surface area contributed by atoms with Gasteiger partial charge in [0, 0.05) is 29.4 Å². The van der Waals surface area contributed by atoms with Crippen LogP contribution in [0.2, 0.25) is 0 Å². The summed E-state index contributed by atoms with van der Waals surface area (Å²) in [6, 6.07) is 2.43. The van der Waals surface area contributed by atoms with E-state index in [1.165, 1.54) is 25.7 Å². The van der Waals surface area contributed by atoms with Crippen molar-refractivity contribution in [2.24, 2.45) is 5.92 Å².